The molecule has 0 aliphatic heterocycles. The lowest BCUT2D eigenvalue weighted by atomic mass is 10.3. The first-order valence-corrected chi connectivity index (χ1v) is 3.13. The van der Waals surface area contributed by atoms with E-state index < -0.39 is 0 Å². The maximum absolute atomic E-state index is 7.14. The minimum Gasteiger partial charge on any atom is -0.299 e. The molecule has 1 nitrogen and oxygen atoms in total. The van der Waals surface area contributed by atoms with Crippen molar-refractivity contribution in [3.8, 4) is 0 Å². The molecule has 1 aromatic rings. The largest absolute Gasteiger partial charge is 0.299 e. The molecule has 0 saturated carbocycles. The van der Waals surface area contributed by atoms with Gasteiger partial charge in [-0.1, -0.05) is 29.3 Å². The molecule has 0 bridgehead atoms. The van der Waals surface area contributed by atoms with Crippen LogP contribution in [0.1, 0.15) is 0 Å². The van der Waals surface area contributed by atoms with Crippen molar-refractivity contribution in [1.29, 1.82) is 0 Å². The Morgan fingerprint density at radius 2 is 1.89 bits per heavy atom. The first-order valence-electron chi connectivity index (χ1n) is 2.37. The molecular formula is C6H4Cl2N. The van der Waals surface area contributed by atoms with Gasteiger partial charge in [-0.05, 0) is 12.1 Å². The SMILES string of the molecule is [NH]c1cccc(Cl)c1Cl. The second-order valence-electron chi connectivity index (χ2n) is 1.60. The highest BCUT2D eigenvalue weighted by Crippen LogP contribution is 2.27. The Morgan fingerprint density at radius 1 is 1.22 bits per heavy atom. The molecule has 0 spiro atoms. The van der Waals surface area contributed by atoms with Crippen molar-refractivity contribution < 1.29 is 0 Å². The van der Waals surface area contributed by atoms with Gasteiger partial charge < -0.3 is 0 Å². The first kappa shape index (κ1) is 6.72. The van der Waals surface area contributed by atoms with Crippen molar-refractivity contribution in [3.63, 3.8) is 0 Å². The summed E-state index contributed by atoms with van der Waals surface area (Å²) in [5, 5.41) is 0.753. The molecule has 0 aliphatic rings. The number of halogens is 2. The Hall–Kier alpha value is -0.400. The lowest BCUT2D eigenvalue weighted by Gasteiger charge is -1.95. The van der Waals surface area contributed by atoms with Crippen LogP contribution in [0.4, 0.5) is 5.69 Å². The van der Waals surface area contributed by atoms with Gasteiger partial charge in [-0.3, -0.25) is 5.73 Å². The number of nitrogens with one attached hydrogen (secondary N) is 1. The zero-order valence-electron chi connectivity index (χ0n) is 4.49. The second-order valence-corrected chi connectivity index (χ2v) is 2.39. The van der Waals surface area contributed by atoms with Gasteiger partial charge in [-0.2, -0.15) is 0 Å². The number of hydrogen-bond donors (Lipinski definition) is 0. The smallest absolute Gasteiger partial charge is 0.0841 e. The van der Waals surface area contributed by atoms with Crippen molar-refractivity contribution in [2.45, 2.75) is 0 Å². The molecule has 0 fully saturated rings. The van der Waals surface area contributed by atoms with E-state index in [0.29, 0.717) is 10.0 Å². The van der Waals surface area contributed by atoms with Crippen LogP contribution in [-0.2, 0) is 0 Å². The third-order valence-electron chi connectivity index (χ3n) is 0.952. The lowest BCUT2D eigenvalue weighted by molar-refractivity contribution is 1.48. The van der Waals surface area contributed by atoms with Gasteiger partial charge in [0.05, 0.1) is 15.7 Å². The van der Waals surface area contributed by atoms with E-state index in [1.807, 2.05) is 0 Å². The van der Waals surface area contributed by atoms with Gasteiger partial charge in [0.1, 0.15) is 0 Å². The van der Waals surface area contributed by atoms with E-state index in [2.05, 4.69) is 0 Å². The molecule has 0 saturated heterocycles. The molecular weight excluding hydrogens is 157 g/mol. The Bertz CT molecular complexity index is 202. The highest BCUT2D eigenvalue weighted by Gasteiger charge is 1.98. The molecule has 47 valence electrons. The quantitative estimate of drug-likeness (QED) is 0.558. The van der Waals surface area contributed by atoms with E-state index in [9.17, 15) is 0 Å². The Balaban J connectivity index is 3.25. The summed E-state index contributed by atoms with van der Waals surface area (Å²) in [6, 6.07) is 4.94. The Labute approximate surface area is 63.4 Å². The van der Waals surface area contributed by atoms with Crippen molar-refractivity contribution in [2.24, 2.45) is 0 Å². The number of hydrogen-bond acceptors (Lipinski definition) is 0. The predicted molar refractivity (Wildman–Crippen MR) is 39.2 cm³/mol. The van der Waals surface area contributed by atoms with Crippen LogP contribution in [0.15, 0.2) is 18.2 Å². The van der Waals surface area contributed by atoms with Gasteiger partial charge in [0.15, 0.2) is 0 Å². The Kier molecular flexibility index (Phi) is 1.84. The predicted octanol–water partition coefficient (Wildman–Crippen LogP) is 2.91. The van der Waals surface area contributed by atoms with Crippen LogP contribution in [0.25, 0.3) is 0 Å². The summed E-state index contributed by atoms with van der Waals surface area (Å²) in [6.07, 6.45) is 0. The van der Waals surface area contributed by atoms with Gasteiger partial charge in [0.25, 0.3) is 0 Å². The Morgan fingerprint density at radius 3 is 2.33 bits per heavy atom. The van der Waals surface area contributed by atoms with E-state index in [0.717, 1.165) is 0 Å². The average Bonchev–Trinajstić information content (AvgIpc) is 1.83. The fourth-order valence-corrected chi connectivity index (χ4v) is 0.804. The molecule has 9 heavy (non-hydrogen) atoms. The van der Waals surface area contributed by atoms with Gasteiger partial charge >= 0.3 is 0 Å². The summed E-state index contributed by atoms with van der Waals surface area (Å²) in [6.45, 7) is 0. The van der Waals surface area contributed by atoms with Crippen molar-refractivity contribution >= 4 is 28.9 Å². The van der Waals surface area contributed by atoms with Gasteiger partial charge in [-0.15, -0.1) is 0 Å². The molecule has 1 aromatic carbocycles. The molecule has 3 heteroatoms. The minimum absolute atomic E-state index is 0.268. The zero-order valence-corrected chi connectivity index (χ0v) is 6.00. The number of benzene rings is 1. The molecule has 0 aliphatic carbocycles. The molecule has 1 N–H and O–H groups in total. The van der Waals surface area contributed by atoms with Crippen LogP contribution in [0, 0.1) is 0 Å². The topological polar surface area (TPSA) is 23.8 Å². The normalized spacial score (nSPS) is 9.56. The lowest BCUT2D eigenvalue weighted by Crippen LogP contribution is -1.71. The molecule has 0 unspecified atom stereocenters. The summed E-state index contributed by atoms with van der Waals surface area (Å²) in [5.41, 5.74) is 7.41. The van der Waals surface area contributed by atoms with Crippen LogP contribution in [0.3, 0.4) is 0 Å². The summed E-state index contributed by atoms with van der Waals surface area (Å²) in [5.74, 6) is 0. The van der Waals surface area contributed by atoms with E-state index in [-0.39, 0.29) is 5.69 Å². The van der Waals surface area contributed by atoms with Crippen LogP contribution < -0.4 is 5.73 Å². The number of rotatable bonds is 0. The summed E-state index contributed by atoms with van der Waals surface area (Å²) in [7, 11) is 0. The molecule has 1 rings (SSSR count). The maximum atomic E-state index is 7.14. The monoisotopic (exact) mass is 160 g/mol. The van der Waals surface area contributed by atoms with Crippen LogP contribution in [-0.4, -0.2) is 0 Å². The fourth-order valence-electron chi connectivity index (χ4n) is 0.504. The highest BCUT2D eigenvalue weighted by atomic mass is 35.5. The molecule has 1 radical (unpaired) electrons. The summed E-state index contributed by atoms with van der Waals surface area (Å²) in [4.78, 5) is 0. The van der Waals surface area contributed by atoms with E-state index in [1.165, 1.54) is 0 Å². The molecule has 0 heterocycles. The van der Waals surface area contributed by atoms with Crippen molar-refractivity contribution in [2.75, 3.05) is 0 Å². The molecule has 0 aromatic heterocycles. The fraction of sp³-hybridized carbons (Fsp3) is 0. The third kappa shape index (κ3) is 1.29. The van der Waals surface area contributed by atoms with Crippen molar-refractivity contribution in [1.82, 2.24) is 5.73 Å². The van der Waals surface area contributed by atoms with Crippen LogP contribution in [0.2, 0.25) is 10.0 Å². The van der Waals surface area contributed by atoms with Crippen LogP contribution in [0.5, 0.6) is 0 Å². The second kappa shape index (κ2) is 2.46. The molecule has 0 atom stereocenters. The zero-order chi connectivity index (χ0) is 6.85. The summed E-state index contributed by atoms with van der Waals surface area (Å²) >= 11 is 11.1. The van der Waals surface area contributed by atoms with Crippen LogP contribution >= 0.6 is 23.2 Å². The van der Waals surface area contributed by atoms with E-state index in [1.54, 1.807) is 18.2 Å². The van der Waals surface area contributed by atoms with E-state index in [4.69, 9.17) is 28.9 Å². The van der Waals surface area contributed by atoms with Gasteiger partial charge in [0, 0.05) is 0 Å². The molecule has 0 amide bonds. The first-order chi connectivity index (χ1) is 4.22. The van der Waals surface area contributed by atoms with Gasteiger partial charge in [-0.25, -0.2) is 0 Å². The minimum atomic E-state index is 0.268. The maximum Gasteiger partial charge on any atom is 0.0841 e. The van der Waals surface area contributed by atoms with E-state index >= 15 is 0 Å². The highest BCUT2D eigenvalue weighted by molar-refractivity contribution is 6.43. The van der Waals surface area contributed by atoms with Crippen molar-refractivity contribution in [3.05, 3.63) is 28.2 Å². The van der Waals surface area contributed by atoms with Gasteiger partial charge in [0.2, 0.25) is 0 Å². The standard InChI is InChI=1S/C6H4Cl2N/c7-4-2-1-3-5(9)6(4)8/h1-3,9H. The summed E-state index contributed by atoms with van der Waals surface area (Å²) < 4.78 is 0. The third-order valence-corrected chi connectivity index (χ3v) is 1.77. The average molecular weight is 161 g/mol.